The number of aliphatic hydroxyl groups excluding tert-OH is 2. The highest BCUT2D eigenvalue weighted by Crippen LogP contribution is 2.23. The van der Waals surface area contributed by atoms with Crippen LogP contribution in [0.1, 0.15) is 72.2 Å². The van der Waals surface area contributed by atoms with E-state index in [1.807, 2.05) is 0 Å². The molecule has 0 saturated heterocycles. The average Bonchev–Trinajstić information content (AvgIpc) is 3.11. The molecule has 0 bridgehead atoms. The Morgan fingerprint density at radius 1 is 0.820 bits per heavy atom. The summed E-state index contributed by atoms with van der Waals surface area (Å²) in [5.41, 5.74) is 0.675. The molecule has 272 valence electrons. The van der Waals surface area contributed by atoms with Crippen LogP contribution in [0.2, 0.25) is 0 Å². The molecule has 3 rings (SSSR count). The molecule has 0 spiro atoms. The van der Waals surface area contributed by atoms with E-state index in [1.165, 1.54) is 19.5 Å². The highest BCUT2D eigenvalue weighted by molar-refractivity contribution is 8.00. The van der Waals surface area contributed by atoms with Crippen molar-refractivity contribution in [3.05, 3.63) is 101 Å². The molecule has 3 aromatic rings. The Balaban J connectivity index is 1.93. The van der Waals surface area contributed by atoms with Crippen molar-refractivity contribution in [3.8, 4) is 0 Å². The van der Waals surface area contributed by atoms with Gasteiger partial charge in [-0.3, -0.25) is 19.4 Å². The van der Waals surface area contributed by atoms with Gasteiger partial charge in [0.05, 0.1) is 17.6 Å². The lowest BCUT2D eigenvalue weighted by Crippen LogP contribution is -2.59. The van der Waals surface area contributed by atoms with Gasteiger partial charge in [-0.1, -0.05) is 44.9 Å². The Kier molecular flexibility index (Phi) is 17.3. The van der Waals surface area contributed by atoms with E-state index in [4.69, 9.17) is 4.74 Å². The molecule has 13 heteroatoms. The Bertz CT molecular complexity index is 1460. The van der Waals surface area contributed by atoms with E-state index in [-0.39, 0.29) is 41.6 Å². The minimum absolute atomic E-state index is 0.0965. The molecule has 2 aromatic carbocycles. The lowest BCUT2D eigenvalue weighted by Gasteiger charge is -2.34. The first-order chi connectivity index (χ1) is 24.1. The third kappa shape index (κ3) is 13.1. The molecule has 1 heterocycles. The lowest BCUT2D eigenvalue weighted by atomic mass is 9.92. The third-order valence-electron chi connectivity index (χ3n) is 8.13. The second-order valence-electron chi connectivity index (χ2n) is 12.1. The van der Waals surface area contributed by atoms with Crippen molar-refractivity contribution in [1.82, 2.24) is 20.9 Å². The van der Waals surface area contributed by atoms with Crippen molar-refractivity contribution >= 4 is 29.5 Å². The molecule has 10 nitrogen and oxygen atoms in total. The van der Waals surface area contributed by atoms with Crippen LogP contribution in [0, 0.1) is 11.6 Å². The number of aliphatic hydroxyl groups is 2. The maximum absolute atomic E-state index is 14.3. The number of pyridine rings is 1. The summed E-state index contributed by atoms with van der Waals surface area (Å²) in [6, 6.07) is 10.9. The number of rotatable bonds is 21. The summed E-state index contributed by atoms with van der Waals surface area (Å²) in [5.74, 6) is -3.22. The van der Waals surface area contributed by atoms with Crippen LogP contribution in [-0.4, -0.2) is 88.0 Å². The molecule has 5 N–H and O–H groups in total. The third-order valence-corrected chi connectivity index (χ3v) is 9.60. The summed E-state index contributed by atoms with van der Waals surface area (Å²) in [6.45, 7) is 4.27. The van der Waals surface area contributed by atoms with E-state index in [1.54, 1.807) is 54.2 Å². The van der Waals surface area contributed by atoms with Gasteiger partial charge in [0.15, 0.2) is 0 Å². The quantitative estimate of drug-likeness (QED) is 0.109. The number of hydrogen-bond acceptors (Lipinski definition) is 8. The number of carbonyl (C=O) groups is 3. The van der Waals surface area contributed by atoms with Gasteiger partial charge in [0.2, 0.25) is 5.91 Å². The summed E-state index contributed by atoms with van der Waals surface area (Å²) in [5, 5.41) is 31.6. The summed E-state index contributed by atoms with van der Waals surface area (Å²) in [7, 11) is 1.45. The lowest BCUT2D eigenvalue weighted by molar-refractivity contribution is -0.125. The van der Waals surface area contributed by atoms with Crippen molar-refractivity contribution in [2.24, 2.45) is 0 Å². The summed E-state index contributed by atoms with van der Waals surface area (Å²) >= 11 is 1.55. The first kappa shape index (κ1) is 40.5. The first-order valence-electron chi connectivity index (χ1n) is 16.8. The molecule has 0 saturated carbocycles. The van der Waals surface area contributed by atoms with E-state index in [9.17, 15) is 33.4 Å². The second-order valence-corrected chi connectivity index (χ2v) is 13.4. The zero-order valence-electron chi connectivity index (χ0n) is 28.7. The van der Waals surface area contributed by atoms with E-state index in [2.05, 4.69) is 34.8 Å². The first-order valence-corrected chi connectivity index (χ1v) is 17.9. The van der Waals surface area contributed by atoms with Gasteiger partial charge >= 0.3 is 0 Å². The predicted molar refractivity (Wildman–Crippen MR) is 190 cm³/mol. The standard InChI is InChI=1S/C37H48F2N4O6S/c1-4-10-29(11-5-2)50-23-32(43-36(47)26-14-9-16-40-22-26)37(48)42-31(20-24-18-27(38)21-28(39)19-24)34(45)33(44)30(15-17-49-3)41-35(46)25-12-7-6-8-13-25/h6-9,12-14,16,18-19,21-22,29-34,44-45H,4-5,10-11,15,17,20,23H2,1-3H3,(H,41,46)(H,42,48)(H,43,47)/t30-,31+,32-,33-,34-/m1/s1. The fourth-order valence-corrected chi connectivity index (χ4v) is 7.03. The minimum atomic E-state index is -1.74. The zero-order chi connectivity index (χ0) is 36.5. The molecule has 0 aliphatic carbocycles. The molecule has 0 aliphatic rings. The fourth-order valence-electron chi connectivity index (χ4n) is 5.52. The van der Waals surface area contributed by atoms with E-state index >= 15 is 0 Å². The van der Waals surface area contributed by atoms with Crippen LogP contribution in [0.15, 0.2) is 73.1 Å². The van der Waals surface area contributed by atoms with Crippen LogP contribution >= 0.6 is 11.8 Å². The van der Waals surface area contributed by atoms with Crippen molar-refractivity contribution in [3.63, 3.8) is 0 Å². The number of halogens is 2. The van der Waals surface area contributed by atoms with Crippen LogP contribution < -0.4 is 16.0 Å². The average molecular weight is 715 g/mol. The molecular formula is C37H48F2N4O6S. The second kappa shape index (κ2) is 21.3. The van der Waals surface area contributed by atoms with Gasteiger partial charge in [0.25, 0.3) is 11.8 Å². The van der Waals surface area contributed by atoms with Crippen LogP contribution in [0.5, 0.6) is 0 Å². The van der Waals surface area contributed by atoms with Gasteiger partial charge in [-0.15, -0.1) is 0 Å². The minimum Gasteiger partial charge on any atom is -0.388 e. The molecule has 3 amide bonds. The Labute approximate surface area is 296 Å². The Morgan fingerprint density at radius 3 is 2.04 bits per heavy atom. The van der Waals surface area contributed by atoms with E-state index in [0.29, 0.717) is 11.6 Å². The number of nitrogens with zero attached hydrogens (tertiary/aromatic N) is 1. The molecule has 0 fully saturated rings. The van der Waals surface area contributed by atoms with Crippen LogP contribution in [0.25, 0.3) is 0 Å². The van der Waals surface area contributed by atoms with Gasteiger partial charge < -0.3 is 30.9 Å². The van der Waals surface area contributed by atoms with Crippen molar-refractivity contribution in [2.75, 3.05) is 19.5 Å². The summed E-state index contributed by atoms with van der Waals surface area (Å²) in [6.07, 6.45) is 3.03. The molecule has 0 radical (unpaired) electrons. The van der Waals surface area contributed by atoms with Gasteiger partial charge in [0, 0.05) is 48.7 Å². The molecule has 5 atom stereocenters. The molecular weight excluding hydrogens is 666 g/mol. The monoisotopic (exact) mass is 714 g/mol. The Hall–Kier alpha value is -3.91. The van der Waals surface area contributed by atoms with E-state index in [0.717, 1.165) is 37.8 Å². The highest BCUT2D eigenvalue weighted by Gasteiger charge is 2.36. The number of carbonyl (C=O) groups excluding carboxylic acids is 3. The number of benzene rings is 2. The van der Waals surface area contributed by atoms with E-state index < -0.39 is 59.7 Å². The SMILES string of the molecule is CCCC(CCC)SC[C@@H](NC(=O)c1cccnc1)C(=O)N[C@@H](Cc1cc(F)cc(F)c1)[C@@H](O)[C@H](O)[C@@H](CCOC)NC(=O)c1ccccc1. The number of ether oxygens (including phenoxy) is 1. The largest absolute Gasteiger partial charge is 0.388 e. The fraction of sp³-hybridized carbons (Fsp3) is 0.459. The number of aromatic nitrogens is 1. The van der Waals surface area contributed by atoms with Crippen LogP contribution in [0.4, 0.5) is 8.78 Å². The number of methoxy groups -OCH3 is 1. The van der Waals surface area contributed by atoms with Crippen molar-refractivity contribution in [1.29, 1.82) is 0 Å². The molecule has 50 heavy (non-hydrogen) atoms. The van der Waals surface area contributed by atoms with Gasteiger partial charge in [0.1, 0.15) is 29.9 Å². The van der Waals surface area contributed by atoms with Crippen molar-refractivity contribution in [2.45, 2.75) is 88.0 Å². The predicted octanol–water partition coefficient (Wildman–Crippen LogP) is 4.44. The summed E-state index contributed by atoms with van der Waals surface area (Å²) in [4.78, 5) is 44.2. The topological polar surface area (TPSA) is 150 Å². The maximum Gasteiger partial charge on any atom is 0.253 e. The zero-order valence-corrected chi connectivity index (χ0v) is 29.5. The van der Waals surface area contributed by atoms with Gasteiger partial charge in [-0.05, 0) is 67.6 Å². The number of amides is 3. The van der Waals surface area contributed by atoms with Crippen LogP contribution in [0.3, 0.4) is 0 Å². The summed E-state index contributed by atoms with van der Waals surface area (Å²) < 4.78 is 33.7. The smallest absolute Gasteiger partial charge is 0.253 e. The number of thioether (sulfide) groups is 1. The maximum atomic E-state index is 14.3. The number of nitrogens with one attached hydrogen (secondary N) is 3. The number of hydrogen-bond donors (Lipinski definition) is 5. The normalized spacial score (nSPS) is 14.3. The van der Waals surface area contributed by atoms with Gasteiger partial charge in [-0.25, -0.2) is 8.78 Å². The van der Waals surface area contributed by atoms with Crippen LogP contribution in [-0.2, 0) is 16.0 Å². The molecule has 0 aliphatic heterocycles. The molecule has 0 unspecified atom stereocenters. The molecule has 1 aromatic heterocycles. The Morgan fingerprint density at radius 2 is 1.44 bits per heavy atom. The van der Waals surface area contributed by atoms with Gasteiger partial charge in [-0.2, -0.15) is 11.8 Å². The highest BCUT2D eigenvalue weighted by atomic mass is 32.2. The van der Waals surface area contributed by atoms with Crippen molar-refractivity contribution < 1.29 is 38.1 Å².